The minimum Gasteiger partial charge on any atom is -0.460 e. The SMILES string of the molecule is COCCCCC(C)(c1cccc2cc(C(C)(C)C)oc12)[C@@H]1CCCNC1. The minimum absolute atomic E-state index is 0.0253. The number of methoxy groups -OCH3 is 1. The number of nitrogens with one attached hydrogen (secondary N) is 1. The number of fused-ring (bicyclic) bond motifs is 1. The van der Waals surface area contributed by atoms with Gasteiger partial charge >= 0.3 is 0 Å². The lowest BCUT2D eigenvalue weighted by Crippen LogP contribution is -2.42. The first-order chi connectivity index (χ1) is 12.9. The van der Waals surface area contributed by atoms with Crippen molar-refractivity contribution in [2.24, 2.45) is 5.92 Å². The maximum atomic E-state index is 6.48. The monoisotopic (exact) mass is 371 g/mol. The molecule has 2 heterocycles. The second-order valence-corrected chi connectivity index (χ2v) is 9.50. The fourth-order valence-corrected chi connectivity index (χ4v) is 4.58. The topological polar surface area (TPSA) is 34.4 Å². The molecule has 1 aromatic carbocycles. The summed E-state index contributed by atoms with van der Waals surface area (Å²) in [7, 11) is 1.79. The van der Waals surface area contributed by atoms with Gasteiger partial charge in [-0.25, -0.2) is 0 Å². The van der Waals surface area contributed by atoms with E-state index < -0.39 is 0 Å². The fraction of sp³-hybridized carbons (Fsp3) is 0.667. The molecule has 1 fully saturated rings. The van der Waals surface area contributed by atoms with E-state index in [1.165, 1.54) is 36.6 Å². The maximum absolute atomic E-state index is 6.48. The number of hydrogen-bond donors (Lipinski definition) is 1. The molecular weight excluding hydrogens is 334 g/mol. The molecule has 0 radical (unpaired) electrons. The molecule has 0 saturated carbocycles. The van der Waals surface area contributed by atoms with Gasteiger partial charge in [0.05, 0.1) is 0 Å². The quantitative estimate of drug-likeness (QED) is 0.624. The highest BCUT2D eigenvalue weighted by Gasteiger charge is 2.38. The van der Waals surface area contributed by atoms with Crippen LogP contribution in [0.15, 0.2) is 28.7 Å². The zero-order valence-electron chi connectivity index (χ0n) is 17.9. The van der Waals surface area contributed by atoms with E-state index in [0.717, 1.165) is 37.5 Å². The molecule has 0 aliphatic carbocycles. The van der Waals surface area contributed by atoms with Crippen LogP contribution < -0.4 is 5.32 Å². The van der Waals surface area contributed by atoms with Crippen molar-refractivity contribution in [3.63, 3.8) is 0 Å². The number of ether oxygens (including phenoxy) is 1. The van der Waals surface area contributed by atoms with Crippen LogP contribution in [0.25, 0.3) is 11.0 Å². The van der Waals surface area contributed by atoms with Crippen LogP contribution in [-0.2, 0) is 15.6 Å². The molecule has 3 heteroatoms. The summed E-state index contributed by atoms with van der Waals surface area (Å²) in [5.74, 6) is 1.72. The van der Waals surface area contributed by atoms with Gasteiger partial charge in [0.15, 0.2) is 0 Å². The van der Waals surface area contributed by atoms with Crippen LogP contribution in [0.5, 0.6) is 0 Å². The number of hydrogen-bond acceptors (Lipinski definition) is 3. The van der Waals surface area contributed by atoms with Crippen molar-refractivity contribution in [1.82, 2.24) is 5.32 Å². The average Bonchev–Trinajstić information content (AvgIpc) is 3.10. The molecule has 27 heavy (non-hydrogen) atoms. The van der Waals surface area contributed by atoms with Gasteiger partial charge in [-0.05, 0) is 50.8 Å². The van der Waals surface area contributed by atoms with Crippen LogP contribution in [0, 0.1) is 5.92 Å². The smallest absolute Gasteiger partial charge is 0.138 e. The van der Waals surface area contributed by atoms with Gasteiger partial charge in [-0.3, -0.25) is 0 Å². The zero-order valence-corrected chi connectivity index (χ0v) is 17.9. The first kappa shape index (κ1) is 20.4. The van der Waals surface area contributed by atoms with E-state index in [1.54, 1.807) is 7.11 Å². The summed E-state index contributed by atoms with van der Waals surface area (Å²) in [4.78, 5) is 0. The van der Waals surface area contributed by atoms with E-state index in [1.807, 2.05) is 0 Å². The molecule has 150 valence electrons. The number of unbranched alkanes of at least 4 members (excludes halogenated alkanes) is 1. The van der Waals surface area contributed by atoms with E-state index in [2.05, 4.69) is 57.3 Å². The highest BCUT2D eigenvalue weighted by atomic mass is 16.5. The minimum atomic E-state index is 0.0253. The lowest BCUT2D eigenvalue weighted by atomic mass is 9.66. The number of benzene rings is 1. The van der Waals surface area contributed by atoms with Gasteiger partial charge in [0.25, 0.3) is 0 Å². The van der Waals surface area contributed by atoms with Gasteiger partial charge in [-0.1, -0.05) is 52.3 Å². The Hall–Kier alpha value is -1.32. The first-order valence-corrected chi connectivity index (χ1v) is 10.6. The molecule has 1 aliphatic rings. The molecule has 0 spiro atoms. The van der Waals surface area contributed by atoms with Crippen LogP contribution in [0.2, 0.25) is 0 Å². The van der Waals surface area contributed by atoms with Gasteiger partial charge in [-0.15, -0.1) is 0 Å². The standard InChI is InChI=1S/C24H37NO2/c1-23(2,3)21-16-18-10-8-12-20(22(18)27-21)24(4,13-6-7-15-26-5)19-11-9-14-25-17-19/h8,10,12,16,19,25H,6-7,9,11,13-15,17H2,1-5H3/t19-,24?/m1/s1. The summed E-state index contributed by atoms with van der Waals surface area (Å²) in [5.41, 5.74) is 2.63. The van der Waals surface area contributed by atoms with Crippen LogP contribution >= 0.6 is 0 Å². The Morgan fingerprint density at radius 3 is 2.67 bits per heavy atom. The Balaban J connectivity index is 2.01. The molecule has 1 aliphatic heterocycles. The van der Waals surface area contributed by atoms with Gasteiger partial charge in [0.2, 0.25) is 0 Å². The van der Waals surface area contributed by atoms with Gasteiger partial charge in [0, 0.05) is 35.5 Å². The van der Waals surface area contributed by atoms with Gasteiger partial charge < -0.3 is 14.5 Å². The van der Waals surface area contributed by atoms with Crippen molar-refractivity contribution >= 4 is 11.0 Å². The molecule has 0 amide bonds. The first-order valence-electron chi connectivity index (χ1n) is 10.6. The van der Waals surface area contributed by atoms with Crippen LogP contribution in [0.3, 0.4) is 0 Å². The van der Waals surface area contributed by atoms with Crippen molar-refractivity contribution in [3.05, 3.63) is 35.6 Å². The van der Waals surface area contributed by atoms with E-state index in [-0.39, 0.29) is 10.8 Å². The van der Waals surface area contributed by atoms with Gasteiger partial charge in [0.1, 0.15) is 11.3 Å². The van der Waals surface area contributed by atoms with Crippen molar-refractivity contribution in [2.45, 2.75) is 70.6 Å². The summed E-state index contributed by atoms with van der Waals surface area (Å²) in [5, 5.41) is 4.87. The molecule has 1 saturated heterocycles. The Morgan fingerprint density at radius 2 is 2.00 bits per heavy atom. The Morgan fingerprint density at radius 1 is 1.19 bits per heavy atom. The van der Waals surface area contributed by atoms with Crippen LogP contribution in [0.4, 0.5) is 0 Å². The number of rotatable bonds is 7. The van der Waals surface area contributed by atoms with Crippen molar-refractivity contribution in [3.8, 4) is 0 Å². The summed E-state index contributed by atoms with van der Waals surface area (Å²) < 4.78 is 11.8. The average molecular weight is 372 g/mol. The number of furan rings is 1. The predicted octanol–water partition coefficient (Wildman–Crippen LogP) is 5.80. The second-order valence-electron chi connectivity index (χ2n) is 9.50. The van der Waals surface area contributed by atoms with Crippen molar-refractivity contribution in [1.29, 1.82) is 0 Å². The lowest BCUT2D eigenvalue weighted by molar-refractivity contribution is 0.177. The summed E-state index contributed by atoms with van der Waals surface area (Å²) in [6, 6.07) is 8.96. The molecule has 1 aromatic heterocycles. The van der Waals surface area contributed by atoms with E-state index in [9.17, 15) is 0 Å². The van der Waals surface area contributed by atoms with Crippen LogP contribution in [-0.4, -0.2) is 26.8 Å². The van der Waals surface area contributed by atoms with Crippen molar-refractivity contribution < 1.29 is 9.15 Å². The third-order valence-electron chi connectivity index (χ3n) is 6.39. The number of piperidine rings is 1. The van der Waals surface area contributed by atoms with E-state index >= 15 is 0 Å². The normalized spacial score (nSPS) is 20.7. The second kappa shape index (κ2) is 8.36. The largest absolute Gasteiger partial charge is 0.460 e. The molecule has 2 atom stereocenters. The molecule has 2 aromatic rings. The molecule has 3 nitrogen and oxygen atoms in total. The third-order valence-corrected chi connectivity index (χ3v) is 6.39. The predicted molar refractivity (Wildman–Crippen MR) is 114 cm³/mol. The molecular formula is C24H37NO2. The van der Waals surface area contributed by atoms with Gasteiger partial charge in [-0.2, -0.15) is 0 Å². The summed E-state index contributed by atoms with van der Waals surface area (Å²) in [6.45, 7) is 12.2. The highest BCUT2D eigenvalue weighted by molar-refractivity contribution is 5.82. The molecule has 3 rings (SSSR count). The Labute approximate surface area is 164 Å². The van der Waals surface area contributed by atoms with E-state index in [4.69, 9.17) is 9.15 Å². The Kier molecular flexibility index (Phi) is 6.32. The zero-order chi connectivity index (χ0) is 19.5. The summed E-state index contributed by atoms with van der Waals surface area (Å²) in [6.07, 6.45) is 6.03. The molecule has 0 bridgehead atoms. The highest BCUT2D eigenvalue weighted by Crippen LogP contribution is 2.44. The molecule has 1 unspecified atom stereocenters. The maximum Gasteiger partial charge on any atom is 0.138 e. The summed E-state index contributed by atoms with van der Waals surface area (Å²) >= 11 is 0. The van der Waals surface area contributed by atoms with E-state index in [0.29, 0.717) is 5.92 Å². The van der Waals surface area contributed by atoms with Crippen molar-refractivity contribution in [2.75, 3.05) is 26.8 Å². The number of para-hydroxylation sites is 1. The van der Waals surface area contributed by atoms with Crippen LogP contribution in [0.1, 0.15) is 71.1 Å². The fourth-order valence-electron chi connectivity index (χ4n) is 4.58. The lowest BCUT2D eigenvalue weighted by Gasteiger charge is -2.41. The Bertz CT molecular complexity index is 736. The molecule has 1 N–H and O–H groups in total. The third kappa shape index (κ3) is 4.41.